The van der Waals surface area contributed by atoms with E-state index in [0.717, 1.165) is 16.2 Å². The number of carboxylic acids is 1. The van der Waals surface area contributed by atoms with Crippen molar-refractivity contribution in [2.75, 3.05) is 53.8 Å². The highest BCUT2D eigenvalue weighted by molar-refractivity contribution is 6.12. The Kier molecular flexibility index (Phi) is 35.5. The second kappa shape index (κ2) is 41.6. The van der Waals surface area contributed by atoms with Gasteiger partial charge in [0.05, 0.1) is 36.6 Å². The van der Waals surface area contributed by atoms with Crippen LogP contribution in [0.3, 0.4) is 0 Å². The minimum atomic E-state index is -1.46. The SMILES string of the molecule is CCCC[C@H](NC(=O)C[C@@H](OC)[C@H]([C@@H](C)CC)N(C)C(=O)[C@@H](NC(=O)[C@H](C(C)C)N(C)C(=O)OCc1ccc(NC(=O)[C@H](CCCNC(N)=O)NC(=O)[C@H](C(C)C)N(C)C(=O)CCCCCN2C(=O)C=CC2=O)cc1)C(C)C)[C@H](OC)[C@@H](C)C(=O)O[C@@H](Cc1ccccc1)C(=O)O. The summed E-state index contributed by atoms with van der Waals surface area (Å²) in [4.78, 5) is 165. The Bertz CT molecular complexity index is 2950. The number of primary amides is 1. The number of carboxylic acid groups (broad SMARTS) is 1. The molecule has 97 heavy (non-hydrogen) atoms. The molecule has 3 rings (SSSR count). The van der Waals surface area contributed by atoms with E-state index in [9.17, 15) is 62.6 Å². The molecule has 1 aliphatic heterocycles. The van der Waals surface area contributed by atoms with Crippen LogP contribution in [0.1, 0.15) is 151 Å². The van der Waals surface area contributed by atoms with Gasteiger partial charge in [-0.1, -0.05) is 130 Å². The third-order valence-electron chi connectivity index (χ3n) is 17.5. The molecule has 0 radical (unpaired) electrons. The number of rotatable bonds is 43. The van der Waals surface area contributed by atoms with Gasteiger partial charge in [-0.25, -0.2) is 14.4 Å². The predicted octanol–water partition coefficient (Wildman–Crippen LogP) is 6.10. The van der Waals surface area contributed by atoms with Crippen LogP contribution < -0.4 is 32.3 Å². The maximum Gasteiger partial charge on any atom is 0.410 e. The van der Waals surface area contributed by atoms with E-state index in [1.54, 1.807) is 110 Å². The summed E-state index contributed by atoms with van der Waals surface area (Å²) in [5, 5.41) is 24.0. The van der Waals surface area contributed by atoms with Crippen LogP contribution in [0.4, 0.5) is 15.3 Å². The molecule has 0 bridgehead atoms. The highest BCUT2D eigenvalue weighted by atomic mass is 16.6. The number of methoxy groups -OCH3 is 2. The summed E-state index contributed by atoms with van der Waals surface area (Å²) >= 11 is 0. The fraction of sp³-hybridized carbons (Fsp3) is 0.629. The van der Waals surface area contributed by atoms with Crippen molar-refractivity contribution < 1.29 is 81.6 Å². The number of anilines is 1. The quantitative estimate of drug-likeness (QED) is 0.0224. The predicted molar refractivity (Wildman–Crippen MR) is 363 cm³/mol. The van der Waals surface area contributed by atoms with Gasteiger partial charge in [-0.15, -0.1) is 0 Å². The molecule has 8 N–H and O–H groups in total. The van der Waals surface area contributed by atoms with Crippen molar-refractivity contribution in [1.82, 2.24) is 40.9 Å². The van der Waals surface area contributed by atoms with E-state index >= 15 is 0 Å². The lowest BCUT2D eigenvalue weighted by Gasteiger charge is -2.40. The van der Waals surface area contributed by atoms with Gasteiger partial charge in [0.2, 0.25) is 41.5 Å². The summed E-state index contributed by atoms with van der Waals surface area (Å²) in [5.74, 6) is -8.40. The Hall–Kier alpha value is -8.46. The molecule has 27 nitrogen and oxygen atoms in total. The van der Waals surface area contributed by atoms with E-state index in [-0.39, 0.29) is 81.4 Å². The molecule has 11 amide bonds. The Morgan fingerprint density at radius 1 is 0.660 bits per heavy atom. The second-order valence-corrected chi connectivity index (χ2v) is 26.0. The van der Waals surface area contributed by atoms with Crippen LogP contribution in [0.5, 0.6) is 0 Å². The van der Waals surface area contributed by atoms with Crippen LogP contribution in [0.2, 0.25) is 0 Å². The Morgan fingerprint density at radius 3 is 1.81 bits per heavy atom. The summed E-state index contributed by atoms with van der Waals surface area (Å²) in [7, 11) is 7.37. The zero-order valence-corrected chi connectivity index (χ0v) is 59.4. The maximum atomic E-state index is 14.8. The van der Waals surface area contributed by atoms with Crippen molar-refractivity contribution in [3.05, 3.63) is 77.9 Å². The summed E-state index contributed by atoms with van der Waals surface area (Å²) in [6, 6.07) is 8.69. The van der Waals surface area contributed by atoms with Crippen LogP contribution >= 0.6 is 0 Å². The van der Waals surface area contributed by atoms with Crippen LogP contribution in [-0.2, 0) is 79.9 Å². The van der Waals surface area contributed by atoms with Gasteiger partial charge in [0.1, 0.15) is 30.8 Å². The van der Waals surface area contributed by atoms with Crippen LogP contribution in [0.15, 0.2) is 66.7 Å². The number of urea groups is 1. The first-order valence-electron chi connectivity index (χ1n) is 33.6. The van der Waals surface area contributed by atoms with Gasteiger partial charge in [0, 0.05) is 79.1 Å². The lowest BCUT2D eigenvalue weighted by atomic mass is 9.89. The fourth-order valence-corrected chi connectivity index (χ4v) is 11.9. The number of amides is 11. The smallest absolute Gasteiger partial charge is 0.410 e. The number of nitrogens with two attached hydrogens (primary N) is 1. The van der Waals surface area contributed by atoms with Gasteiger partial charge in [0.15, 0.2) is 0 Å². The molecule has 0 aliphatic carbocycles. The number of likely N-dealkylation sites (N-methyl/N-ethyl adjacent to an activating group) is 3. The molecule has 2 aromatic carbocycles. The third kappa shape index (κ3) is 26.1. The van der Waals surface area contributed by atoms with E-state index in [1.807, 2.05) is 20.8 Å². The van der Waals surface area contributed by atoms with Crippen molar-refractivity contribution in [1.29, 1.82) is 0 Å². The Labute approximate surface area is 571 Å². The van der Waals surface area contributed by atoms with Crippen molar-refractivity contribution in [3.8, 4) is 0 Å². The van der Waals surface area contributed by atoms with Crippen molar-refractivity contribution >= 4 is 77.0 Å². The largest absolute Gasteiger partial charge is 0.478 e. The van der Waals surface area contributed by atoms with E-state index in [4.69, 9.17) is 24.7 Å². The third-order valence-corrected chi connectivity index (χ3v) is 17.5. The first-order valence-corrected chi connectivity index (χ1v) is 33.6. The van der Waals surface area contributed by atoms with Crippen LogP contribution in [-0.4, -0.2) is 199 Å². The Balaban J connectivity index is 1.71. The van der Waals surface area contributed by atoms with Crippen LogP contribution in [0.25, 0.3) is 0 Å². The Morgan fingerprint density at radius 2 is 1.27 bits per heavy atom. The minimum Gasteiger partial charge on any atom is -0.478 e. The lowest BCUT2D eigenvalue weighted by Crippen LogP contribution is -2.60. The lowest BCUT2D eigenvalue weighted by molar-refractivity contribution is -0.170. The molecule has 540 valence electrons. The number of hydrogen-bond donors (Lipinski definition) is 7. The zero-order chi connectivity index (χ0) is 72.8. The average Bonchev–Trinajstić information content (AvgIpc) is 1.40. The molecule has 0 fully saturated rings. The van der Waals surface area contributed by atoms with Gasteiger partial charge in [-0.3, -0.25) is 53.0 Å². The molecule has 0 saturated carbocycles. The normalized spacial score (nSPS) is 15.5. The van der Waals surface area contributed by atoms with Gasteiger partial charge >= 0.3 is 24.1 Å². The average molecular weight is 1360 g/mol. The van der Waals surface area contributed by atoms with Gasteiger partial charge in [0.25, 0.3) is 11.8 Å². The molecule has 1 heterocycles. The number of esters is 1. The number of unbranched alkanes of at least 4 members (excludes halogenated alkanes) is 3. The maximum absolute atomic E-state index is 14.8. The molecule has 0 spiro atoms. The minimum absolute atomic E-state index is 0.0479. The number of hydrogen-bond acceptors (Lipinski definition) is 16. The molecular formula is C70H108N10O17. The van der Waals surface area contributed by atoms with Crippen molar-refractivity contribution in [2.24, 2.45) is 35.3 Å². The van der Waals surface area contributed by atoms with E-state index in [0.29, 0.717) is 55.3 Å². The number of nitrogens with zero attached hydrogens (tertiary/aromatic N) is 4. The molecule has 2 aromatic rings. The van der Waals surface area contributed by atoms with E-state index in [2.05, 4.69) is 26.6 Å². The fourth-order valence-electron chi connectivity index (χ4n) is 11.9. The molecule has 27 heteroatoms. The number of carbonyl (C=O) groups excluding carboxylic acids is 11. The summed E-state index contributed by atoms with van der Waals surface area (Å²) in [6.07, 6.45) is 2.42. The zero-order valence-electron chi connectivity index (χ0n) is 59.4. The number of benzene rings is 2. The van der Waals surface area contributed by atoms with Crippen molar-refractivity contribution in [3.63, 3.8) is 0 Å². The summed E-state index contributed by atoms with van der Waals surface area (Å²) in [5.41, 5.74) is 6.77. The molecule has 11 atom stereocenters. The number of aliphatic carboxylic acids is 1. The molecule has 1 aliphatic rings. The number of carbonyl (C=O) groups is 12. The number of imide groups is 1. The van der Waals surface area contributed by atoms with E-state index in [1.165, 1.54) is 50.3 Å². The topological polar surface area (TPSA) is 361 Å². The number of ether oxygens (including phenoxy) is 4. The second-order valence-electron chi connectivity index (χ2n) is 26.0. The first kappa shape index (κ1) is 82.8. The monoisotopic (exact) mass is 1360 g/mol. The van der Waals surface area contributed by atoms with Crippen LogP contribution in [0, 0.1) is 29.6 Å². The van der Waals surface area contributed by atoms with Gasteiger partial charge < -0.3 is 66.2 Å². The molecule has 0 aromatic heterocycles. The van der Waals surface area contributed by atoms with E-state index < -0.39 is 126 Å². The van der Waals surface area contributed by atoms with Gasteiger partial charge in [-0.2, -0.15) is 0 Å². The first-order chi connectivity index (χ1) is 45.8. The highest BCUT2D eigenvalue weighted by Crippen LogP contribution is 2.26. The summed E-state index contributed by atoms with van der Waals surface area (Å²) in [6.45, 7) is 18.1. The molecule has 0 saturated heterocycles. The number of nitrogens with one attached hydrogen (secondary N) is 5. The standard InChI is InChI=1S/C70H108N10O17/c1-16-18-28-50(62(95-15)46(10)68(91)97-53(67(89)90)39-47-26-21-19-22-27-47)74-54(81)40-52(94-14)61(45(9)17-2)78(12)66(88)58(42(3)4)76-65(87)60(44(7)8)79(13)70(93)96-41-48-31-33-49(34-32-48)73-63(85)51(29-25-37-72-69(71)92)75-64(86)59(43(5)6)77(11)55(82)30-23-20-24-38-80-56(83)35-36-57(80)84/h19,21-22,26-27,31-36,42-46,50-53,58-62H,16-18,20,23-25,28-30,37-41H2,1-15H3,(H,73,85)(H,74,81)(H,75,86)(H,76,87)(H,89,90)(H3,71,72,92)/t45-,46+,50-,51-,52+,53-,58-,59-,60-,61-,62+/m0/s1. The molecular weight excluding hydrogens is 1250 g/mol. The highest BCUT2D eigenvalue weighted by Gasteiger charge is 2.42. The molecule has 0 unspecified atom stereocenters. The van der Waals surface area contributed by atoms with Gasteiger partial charge in [-0.05, 0) is 86.0 Å². The van der Waals surface area contributed by atoms with Crippen molar-refractivity contribution in [2.45, 2.75) is 207 Å². The summed E-state index contributed by atoms with van der Waals surface area (Å²) < 4.78 is 23.1.